The van der Waals surface area contributed by atoms with E-state index in [2.05, 4.69) is 32.0 Å². The Morgan fingerprint density at radius 3 is 2.81 bits per heavy atom. The van der Waals surface area contributed by atoms with Gasteiger partial charge in [-0.2, -0.15) is 0 Å². The van der Waals surface area contributed by atoms with Crippen LogP contribution in [-0.2, 0) is 19.3 Å². The molecule has 2 N–H and O–H groups in total. The summed E-state index contributed by atoms with van der Waals surface area (Å²) < 4.78 is 0. The first-order valence-electron chi connectivity index (χ1n) is 8.94. The molecule has 0 saturated heterocycles. The van der Waals surface area contributed by atoms with Gasteiger partial charge in [-0.1, -0.05) is 44.9 Å². The predicted octanol–water partition coefficient (Wildman–Crippen LogP) is 4.65. The average molecular weight is 285 g/mol. The second-order valence-corrected chi connectivity index (χ2v) is 8.09. The Bertz CT molecular complexity index is 491. The van der Waals surface area contributed by atoms with Crippen molar-refractivity contribution in [2.24, 2.45) is 17.6 Å². The van der Waals surface area contributed by atoms with Crippen molar-refractivity contribution in [2.75, 3.05) is 0 Å². The molecule has 1 nitrogen and oxygen atoms in total. The predicted molar refractivity (Wildman–Crippen MR) is 90.5 cm³/mol. The summed E-state index contributed by atoms with van der Waals surface area (Å²) in [5.41, 5.74) is 11.5. The SMILES string of the molecule is CC(C)CC1CCCC(N)(Cc2ccc3c(c2)CCC3)C1. The summed E-state index contributed by atoms with van der Waals surface area (Å²) in [5, 5.41) is 0. The van der Waals surface area contributed by atoms with Gasteiger partial charge in [-0.25, -0.2) is 0 Å². The van der Waals surface area contributed by atoms with Crippen molar-refractivity contribution in [1.82, 2.24) is 0 Å². The first kappa shape index (κ1) is 15.1. The summed E-state index contributed by atoms with van der Waals surface area (Å²) in [7, 11) is 0. The molecule has 1 fully saturated rings. The molecule has 21 heavy (non-hydrogen) atoms. The monoisotopic (exact) mass is 285 g/mol. The Hall–Kier alpha value is -0.820. The second-order valence-electron chi connectivity index (χ2n) is 8.09. The van der Waals surface area contributed by atoms with Gasteiger partial charge < -0.3 is 5.73 Å². The third kappa shape index (κ3) is 3.69. The third-order valence-electron chi connectivity index (χ3n) is 5.51. The van der Waals surface area contributed by atoms with Crippen LogP contribution in [0.3, 0.4) is 0 Å². The standard InChI is InChI=1S/C20H31N/c1-15(2)11-16-5-4-10-20(21,13-16)14-17-8-9-18-6-3-7-19(18)12-17/h8-9,12,15-16H,3-7,10-11,13-14,21H2,1-2H3. The largest absolute Gasteiger partial charge is 0.325 e. The van der Waals surface area contributed by atoms with E-state index in [1.54, 1.807) is 11.1 Å². The Morgan fingerprint density at radius 2 is 2.00 bits per heavy atom. The lowest BCUT2D eigenvalue weighted by Crippen LogP contribution is -2.46. The second kappa shape index (κ2) is 6.12. The highest BCUT2D eigenvalue weighted by molar-refractivity contribution is 5.36. The third-order valence-corrected chi connectivity index (χ3v) is 5.51. The van der Waals surface area contributed by atoms with Crippen LogP contribution >= 0.6 is 0 Å². The van der Waals surface area contributed by atoms with E-state index in [-0.39, 0.29) is 5.54 Å². The molecule has 0 aromatic heterocycles. The molecule has 1 aromatic rings. The topological polar surface area (TPSA) is 26.0 Å². The number of rotatable bonds is 4. The van der Waals surface area contributed by atoms with Gasteiger partial charge in [-0.05, 0) is 73.5 Å². The maximum Gasteiger partial charge on any atom is 0.0197 e. The number of aryl methyl sites for hydroxylation is 2. The van der Waals surface area contributed by atoms with Crippen LogP contribution in [0.2, 0.25) is 0 Å². The molecule has 0 radical (unpaired) electrons. The van der Waals surface area contributed by atoms with E-state index >= 15 is 0 Å². The van der Waals surface area contributed by atoms with Crippen molar-refractivity contribution in [3.8, 4) is 0 Å². The van der Waals surface area contributed by atoms with E-state index in [9.17, 15) is 0 Å². The van der Waals surface area contributed by atoms with Crippen LogP contribution in [0.25, 0.3) is 0 Å². The summed E-state index contributed by atoms with van der Waals surface area (Å²) in [6.07, 6.45) is 11.5. The molecule has 0 aliphatic heterocycles. The minimum absolute atomic E-state index is 0.0463. The molecule has 2 atom stereocenters. The van der Waals surface area contributed by atoms with Crippen molar-refractivity contribution in [2.45, 2.75) is 77.2 Å². The van der Waals surface area contributed by atoms with Crippen LogP contribution in [0, 0.1) is 11.8 Å². The number of hydrogen-bond acceptors (Lipinski definition) is 1. The molecule has 3 rings (SSSR count). The first-order valence-corrected chi connectivity index (χ1v) is 8.94. The van der Waals surface area contributed by atoms with E-state index in [0.29, 0.717) is 0 Å². The number of nitrogens with two attached hydrogens (primary N) is 1. The summed E-state index contributed by atoms with van der Waals surface area (Å²) in [5.74, 6) is 1.65. The zero-order chi connectivity index (χ0) is 14.9. The zero-order valence-corrected chi connectivity index (χ0v) is 13.8. The maximum absolute atomic E-state index is 6.80. The number of fused-ring (bicyclic) bond motifs is 1. The van der Waals surface area contributed by atoms with Crippen molar-refractivity contribution in [3.05, 3.63) is 34.9 Å². The molecule has 1 saturated carbocycles. The zero-order valence-electron chi connectivity index (χ0n) is 13.8. The van der Waals surface area contributed by atoms with Gasteiger partial charge in [0, 0.05) is 5.54 Å². The Labute approximate surface area is 130 Å². The summed E-state index contributed by atoms with van der Waals surface area (Å²) in [6, 6.07) is 7.14. The fourth-order valence-corrected chi connectivity index (χ4v) is 4.69. The highest BCUT2D eigenvalue weighted by Crippen LogP contribution is 2.36. The average Bonchev–Trinajstić information content (AvgIpc) is 2.84. The maximum atomic E-state index is 6.80. The number of benzene rings is 1. The van der Waals surface area contributed by atoms with Crippen molar-refractivity contribution in [3.63, 3.8) is 0 Å². The van der Waals surface area contributed by atoms with Crippen LogP contribution < -0.4 is 5.73 Å². The first-order chi connectivity index (χ1) is 10.0. The highest BCUT2D eigenvalue weighted by atomic mass is 14.7. The molecule has 0 heterocycles. The summed E-state index contributed by atoms with van der Waals surface area (Å²) in [6.45, 7) is 4.68. The lowest BCUT2D eigenvalue weighted by Gasteiger charge is -2.39. The van der Waals surface area contributed by atoms with Crippen LogP contribution in [0.1, 0.15) is 69.1 Å². The van der Waals surface area contributed by atoms with Crippen LogP contribution in [0.15, 0.2) is 18.2 Å². The van der Waals surface area contributed by atoms with Gasteiger partial charge in [0.25, 0.3) is 0 Å². The minimum atomic E-state index is 0.0463. The molecule has 2 aliphatic carbocycles. The number of hydrogen-bond donors (Lipinski definition) is 1. The molecule has 0 amide bonds. The van der Waals surface area contributed by atoms with E-state index in [4.69, 9.17) is 5.73 Å². The van der Waals surface area contributed by atoms with Gasteiger partial charge in [0.2, 0.25) is 0 Å². The summed E-state index contributed by atoms with van der Waals surface area (Å²) in [4.78, 5) is 0. The smallest absolute Gasteiger partial charge is 0.0197 e. The fourth-order valence-electron chi connectivity index (χ4n) is 4.69. The van der Waals surface area contributed by atoms with Gasteiger partial charge in [0.05, 0.1) is 0 Å². The van der Waals surface area contributed by atoms with Crippen molar-refractivity contribution < 1.29 is 0 Å². The molecule has 1 aromatic carbocycles. The van der Waals surface area contributed by atoms with Gasteiger partial charge in [0.15, 0.2) is 0 Å². The van der Waals surface area contributed by atoms with Crippen LogP contribution in [-0.4, -0.2) is 5.54 Å². The van der Waals surface area contributed by atoms with Crippen LogP contribution in [0.4, 0.5) is 0 Å². The molecule has 2 unspecified atom stereocenters. The molecular formula is C20H31N. The van der Waals surface area contributed by atoms with Gasteiger partial charge >= 0.3 is 0 Å². The fraction of sp³-hybridized carbons (Fsp3) is 0.700. The van der Waals surface area contributed by atoms with E-state index in [0.717, 1.165) is 18.3 Å². The quantitative estimate of drug-likeness (QED) is 0.856. The molecule has 0 bridgehead atoms. The molecule has 116 valence electrons. The van der Waals surface area contributed by atoms with E-state index in [1.165, 1.54) is 56.9 Å². The highest BCUT2D eigenvalue weighted by Gasteiger charge is 2.33. The Kier molecular flexibility index (Phi) is 4.40. The Balaban J connectivity index is 1.68. The lowest BCUT2D eigenvalue weighted by molar-refractivity contribution is 0.200. The van der Waals surface area contributed by atoms with Gasteiger partial charge in [-0.15, -0.1) is 0 Å². The molecule has 0 spiro atoms. The lowest BCUT2D eigenvalue weighted by atomic mass is 9.71. The minimum Gasteiger partial charge on any atom is -0.325 e. The molecule has 2 aliphatic rings. The van der Waals surface area contributed by atoms with Crippen molar-refractivity contribution in [1.29, 1.82) is 0 Å². The normalized spacial score (nSPS) is 28.9. The van der Waals surface area contributed by atoms with Gasteiger partial charge in [-0.3, -0.25) is 0 Å². The van der Waals surface area contributed by atoms with Crippen molar-refractivity contribution >= 4 is 0 Å². The van der Waals surface area contributed by atoms with E-state index < -0.39 is 0 Å². The van der Waals surface area contributed by atoms with E-state index in [1.807, 2.05) is 0 Å². The Morgan fingerprint density at radius 1 is 1.19 bits per heavy atom. The molecular weight excluding hydrogens is 254 g/mol. The summed E-state index contributed by atoms with van der Waals surface area (Å²) >= 11 is 0. The molecule has 1 heteroatoms. The van der Waals surface area contributed by atoms with Crippen LogP contribution in [0.5, 0.6) is 0 Å². The van der Waals surface area contributed by atoms with Gasteiger partial charge in [0.1, 0.15) is 0 Å².